The van der Waals surface area contributed by atoms with Crippen molar-refractivity contribution in [2.45, 2.75) is 18.2 Å². The average Bonchev–Trinajstić information content (AvgIpc) is 2.49. The van der Waals surface area contributed by atoms with Crippen molar-refractivity contribution < 1.29 is 17.3 Å². The maximum atomic E-state index is 12.3. The lowest BCUT2D eigenvalue weighted by molar-refractivity contribution is 0.398. The maximum Gasteiger partial charge on any atom is 0.342 e. The molecular formula is C15H15ClO4S. The lowest BCUT2D eigenvalue weighted by atomic mass is 10.2. The zero-order valence-corrected chi connectivity index (χ0v) is 13.2. The minimum absolute atomic E-state index is 0.0134. The van der Waals surface area contributed by atoms with Gasteiger partial charge in [0.1, 0.15) is 16.4 Å². The van der Waals surface area contributed by atoms with E-state index < -0.39 is 10.1 Å². The molecule has 0 aliphatic heterocycles. The van der Waals surface area contributed by atoms with Crippen LogP contribution in [0.25, 0.3) is 0 Å². The largest absolute Gasteiger partial charge is 0.495 e. The van der Waals surface area contributed by atoms with Gasteiger partial charge in [-0.25, -0.2) is 0 Å². The molecule has 0 heterocycles. The molecule has 0 atom stereocenters. The van der Waals surface area contributed by atoms with Gasteiger partial charge in [0.2, 0.25) is 0 Å². The molecule has 2 rings (SSSR count). The Morgan fingerprint density at radius 3 is 2.52 bits per heavy atom. The van der Waals surface area contributed by atoms with E-state index in [0.29, 0.717) is 11.4 Å². The van der Waals surface area contributed by atoms with E-state index in [9.17, 15) is 8.42 Å². The van der Waals surface area contributed by atoms with E-state index in [4.69, 9.17) is 20.5 Å². The molecule has 0 aromatic heterocycles. The fraction of sp³-hybridized carbons (Fsp3) is 0.200. The molecule has 0 bridgehead atoms. The predicted octanol–water partition coefficient (Wildman–Crippen LogP) is 3.68. The van der Waals surface area contributed by atoms with Crippen LogP contribution >= 0.6 is 11.6 Å². The second-order valence-electron chi connectivity index (χ2n) is 4.30. The Bertz CT molecular complexity index is 741. The van der Waals surface area contributed by atoms with Crippen molar-refractivity contribution in [1.29, 1.82) is 0 Å². The van der Waals surface area contributed by atoms with Crippen LogP contribution < -0.4 is 8.92 Å². The first kappa shape index (κ1) is 15.7. The third kappa shape index (κ3) is 3.49. The van der Waals surface area contributed by atoms with Crippen molar-refractivity contribution in [1.82, 2.24) is 0 Å². The molecule has 0 saturated carbocycles. The highest BCUT2D eigenvalue weighted by atomic mass is 35.5. The van der Waals surface area contributed by atoms with E-state index in [1.54, 1.807) is 30.3 Å². The molecule has 0 amide bonds. The summed E-state index contributed by atoms with van der Waals surface area (Å²) >= 11 is 6.01. The minimum Gasteiger partial charge on any atom is -0.495 e. The molecule has 0 N–H and O–H groups in total. The fourth-order valence-electron chi connectivity index (χ4n) is 1.87. The highest BCUT2D eigenvalue weighted by Gasteiger charge is 2.21. The van der Waals surface area contributed by atoms with Crippen LogP contribution in [0.5, 0.6) is 11.5 Å². The van der Waals surface area contributed by atoms with E-state index in [2.05, 4.69) is 0 Å². The van der Waals surface area contributed by atoms with Gasteiger partial charge in [0.15, 0.2) is 0 Å². The lowest BCUT2D eigenvalue weighted by Gasteiger charge is -2.11. The van der Waals surface area contributed by atoms with Crippen molar-refractivity contribution in [2.75, 3.05) is 7.11 Å². The van der Waals surface area contributed by atoms with E-state index in [1.165, 1.54) is 19.2 Å². The number of benzene rings is 2. The second kappa shape index (κ2) is 6.37. The van der Waals surface area contributed by atoms with Crippen LogP contribution in [0.15, 0.2) is 47.4 Å². The molecule has 0 saturated heterocycles. The molecule has 0 unspecified atom stereocenters. The first-order valence-corrected chi connectivity index (χ1v) is 8.12. The van der Waals surface area contributed by atoms with Gasteiger partial charge in [0.25, 0.3) is 0 Å². The van der Waals surface area contributed by atoms with E-state index in [-0.39, 0.29) is 16.4 Å². The van der Waals surface area contributed by atoms with Crippen LogP contribution in [-0.4, -0.2) is 15.5 Å². The summed E-state index contributed by atoms with van der Waals surface area (Å²) in [5, 5.41) is 0.583. The summed E-state index contributed by atoms with van der Waals surface area (Å²) in [6, 6.07) is 11.1. The summed E-state index contributed by atoms with van der Waals surface area (Å²) in [5.74, 6) is 0.462. The fourth-order valence-corrected chi connectivity index (χ4v) is 3.21. The molecule has 0 radical (unpaired) electrons. The number of hydrogen-bond donors (Lipinski definition) is 0. The Morgan fingerprint density at radius 2 is 1.86 bits per heavy atom. The summed E-state index contributed by atoms with van der Waals surface area (Å²) in [6.07, 6.45) is 0.685. The van der Waals surface area contributed by atoms with Crippen LogP contribution in [0.4, 0.5) is 0 Å². The van der Waals surface area contributed by atoms with Gasteiger partial charge in [0.05, 0.1) is 7.11 Å². The Labute approximate surface area is 129 Å². The van der Waals surface area contributed by atoms with Crippen LogP contribution in [0.3, 0.4) is 0 Å². The summed E-state index contributed by atoms with van der Waals surface area (Å²) in [4.78, 5) is -0.0134. The number of methoxy groups -OCH3 is 1. The quantitative estimate of drug-likeness (QED) is 0.786. The molecule has 0 fully saturated rings. The van der Waals surface area contributed by atoms with E-state index >= 15 is 0 Å². The van der Waals surface area contributed by atoms with Gasteiger partial charge in [-0.05, 0) is 42.3 Å². The zero-order chi connectivity index (χ0) is 15.5. The third-order valence-corrected chi connectivity index (χ3v) is 4.60. The van der Waals surface area contributed by atoms with Crippen molar-refractivity contribution in [3.8, 4) is 11.5 Å². The summed E-state index contributed by atoms with van der Waals surface area (Å²) < 4.78 is 34.9. The monoisotopic (exact) mass is 326 g/mol. The molecule has 21 heavy (non-hydrogen) atoms. The molecule has 0 aliphatic rings. The van der Waals surface area contributed by atoms with E-state index in [1.807, 2.05) is 6.92 Å². The SMILES string of the molecule is CCc1cc(OS(=O)(=O)c2ccccc2OC)ccc1Cl. The Morgan fingerprint density at radius 1 is 1.14 bits per heavy atom. The molecule has 6 heteroatoms. The number of hydrogen-bond acceptors (Lipinski definition) is 4. The summed E-state index contributed by atoms with van der Waals surface area (Å²) in [6.45, 7) is 1.93. The molecule has 2 aromatic rings. The summed E-state index contributed by atoms with van der Waals surface area (Å²) in [7, 11) is -2.55. The van der Waals surface area contributed by atoms with Crippen molar-refractivity contribution in [3.63, 3.8) is 0 Å². The van der Waals surface area contributed by atoms with Crippen LogP contribution in [0.2, 0.25) is 5.02 Å². The number of aryl methyl sites for hydroxylation is 1. The molecule has 4 nitrogen and oxygen atoms in total. The Hall–Kier alpha value is -1.72. The lowest BCUT2D eigenvalue weighted by Crippen LogP contribution is -2.11. The normalized spacial score (nSPS) is 11.2. The number of rotatable bonds is 5. The number of ether oxygens (including phenoxy) is 1. The van der Waals surface area contributed by atoms with Crippen molar-refractivity contribution >= 4 is 21.7 Å². The van der Waals surface area contributed by atoms with Crippen LogP contribution in [0.1, 0.15) is 12.5 Å². The van der Waals surface area contributed by atoms with Gasteiger partial charge in [-0.3, -0.25) is 0 Å². The molecule has 0 spiro atoms. The first-order valence-electron chi connectivity index (χ1n) is 6.34. The number of para-hydroxylation sites is 1. The molecule has 0 aliphatic carbocycles. The smallest absolute Gasteiger partial charge is 0.342 e. The second-order valence-corrected chi connectivity index (χ2v) is 6.22. The first-order chi connectivity index (χ1) is 9.97. The van der Waals surface area contributed by atoms with Crippen molar-refractivity contribution in [2.24, 2.45) is 0 Å². The van der Waals surface area contributed by atoms with E-state index in [0.717, 1.165) is 5.56 Å². The van der Waals surface area contributed by atoms with Crippen LogP contribution in [0, 0.1) is 0 Å². The topological polar surface area (TPSA) is 52.6 Å². The third-order valence-electron chi connectivity index (χ3n) is 2.94. The maximum absolute atomic E-state index is 12.3. The Kier molecular flexibility index (Phi) is 4.75. The van der Waals surface area contributed by atoms with Gasteiger partial charge >= 0.3 is 10.1 Å². The molecular weight excluding hydrogens is 312 g/mol. The zero-order valence-electron chi connectivity index (χ0n) is 11.7. The van der Waals surface area contributed by atoms with Gasteiger partial charge < -0.3 is 8.92 Å². The summed E-state index contributed by atoms with van der Waals surface area (Å²) in [5.41, 5.74) is 0.824. The molecule has 2 aromatic carbocycles. The predicted molar refractivity (Wildman–Crippen MR) is 81.6 cm³/mol. The van der Waals surface area contributed by atoms with Gasteiger partial charge in [-0.2, -0.15) is 8.42 Å². The van der Waals surface area contributed by atoms with Crippen LogP contribution in [-0.2, 0) is 16.5 Å². The average molecular weight is 327 g/mol. The Balaban J connectivity index is 2.37. The standard InChI is InChI=1S/C15H15ClO4S/c1-3-11-10-12(8-9-13(11)16)20-21(17,18)15-7-5-4-6-14(15)19-2/h4-10H,3H2,1-2H3. The van der Waals surface area contributed by atoms with Gasteiger partial charge in [0, 0.05) is 5.02 Å². The van der Waals surface area contributed by atoms with Crippen molar-refractivity contribution in [3.05, 3.63) is 53.1 Å². The highest BCUT2D eigenvalue weighted by Crippen LogP contribution is 2.28. The minimum atomic E-state index is -3.96. The number of halogens is 1. The van der Waals surface area contributed by atoms with Gasteiger partial charge in [-0.1, -0.05) is 30.7 Å². The molecule has 112 valence electrons. The van der Waals surface area contributed by atoms with Gasteiger partial charge in [-0.15, -0.1) is 0 Å². The highest BCUT2D eigenvalue weighted by molar-refractivity contribution is 7.87.